The van der Waals surface area contributed by atoms with Gasteiger partial charge in [0.05, 0.1) is 31.8 Å². The molecule has 2 heterocycles. The summed E-state index contributed by atoms with van der Waals surface area (Å²) in [6, 6.07) is 0. The number of ether oxygens (including phenoxy) is 3. The average molecular weight is 212 g/mol. The van der Waals surface area contributed by atoms with Crippen molar-refractivity contribution < 1.29 is 19.0 Å². The molecule has 2 aliphatic rings. The molecule has 0 aromatic heterocycles. The van der Waals surface area contributed by atoms with Gasteiger partial charge in [-0.05, 0) is 6.92 Å². The van der Waals surface area contributed by atoms with Gasteiger partial charge >= 0.3 is 5.97 Å². The molecule has 1 saturated heterocycles. The van der Waals surface area contributed by atoms with Gasteiger partial charge in [0.25, 0.3) is 0 Å². The summed E-state index contributed by atoms with van der Waals surface area (Å²) in [5.41, 5.74) is 0. The highest BCUT2D eigenvalue weighted by molar-refractivity contribution is 5.83. The van der Waals surface area contributed by atoms with Crippen molar-refractivity contribution in [3.05, 3.63) is 11.8 Å². The summed E-state index contributed by atoms with van der Waals surface area (Å²) in [7, 11) is 1.57. The van der Waals surface area contributed by atoms with E-state index >= 15 is 0 Å². The molecule has 0 amide bonds. The van der Waals surface area contributed by atoms with E-state index in [4.69, 9.17) is 14.2 Å². The molecule has 84 valence electrons. The second kappa shape index (κ2) is 3.85. The molecule has 0 spiro atoms. The quantitative estimate of drug-likeness (QED) is 0.611. The summed E-state index contributed by atoms with van der Waals surface area (Å²) >= 11 is 0. The number of carbonyl (C=O) groups excluding carboxylic acids is 1. The van der Waals surface area contributed by atoms with E-state index in [1.807, 2.05) is 13.8 Å². The van der Waals surface area contributed by atoms with Crippen LogP contribution in [0.4, 0.5) is 0 Å². The van der Waals surface area contributed by atoms with Gasteiger partial charge in [-0.2, -0.15) is 0 Å². The fraction of sp³-hybridized carbons (Fsp3) is 0.727. The molecule has 2 rings (SSSR count). The Balaban J connectivity index is 2.24. The maximum Gasteiger partial charge on any atom is 0.334 e. The molecule has 0 bridgehead atoms. The second-order valence-electron chi connectivity index (χ2n) is 4.16. The Hall–Kier alpha value is -1.03. The molecule has 4 atom stereocenters. The summed E-state index contributed by atoms with van der Waals surface area (Å²) in [5, 5.41) is 0. The van der Waals surface area contributed by atoms with Crippen molar-refractivity contribution in [2.75, 3.05) is 13.7 Å². The zero-order valence-electron chi connectivity index (χ0n) is 9.23. The molecule has 2 aliphatic heterocycles. The van der Waals surface area contributed by atoms with E-state index in [1.165, 1.54) is 6.08 Å². The molecule has 0 saturated carbocycles. The number of carbonyl (C=O) groups is 1. The topological polar surface area (TPSA) is 44.8 Å². The Kier molecular flexibility index (Phi) is 2.69. The van der Waals surface area contributed by atoms with Crippen LogP contribution in [0.5, 0.6) is 0 Å². The number of methoxy groups -OCH3 is 1. The summed E-state index contributed by atoms with van der Waals surface area (Å²) in [6.07, 6.45) is 1.42. The zero-order chi connectivity index (χ0) is 11.0. The molecule has 2 unspecified atom stereocenters. The second-order valence-corrected chi connectivity index (χ2v) is 4.16. The van der Waals surface area contributed by atoms with E-state index in [9.17, 15) is 4.79 Å². The smallest absolute Gasteiger partial charge is 0.334 e. The highest BCUT2D eigenvalue weighted by Crippen LogP contribution is 2.35. The molecule has 0 aliphatic carbocycles. The Morgan fingerprint density at radius 3 is 2.87 bits per heavy atom. The van der Waals surface area contributed by atoms with Gasteiger partial charge in [-0.15, -0.1) is 0 Å². The average Bonchev–Trinajstić information content (AvgIpc) is 2.23. The minimum absolute atomic E-state index is 0.0545. The summed E-state index contributed by atoms with van der Waals surface area (Å²) < 4.78 is 16.1. The van der Waals surface area contributed by atoms with Crippen LogP contribution in [0.25, 0.3) is 0 Å². The van der Waals surface area contributed by atoms with Crippen molar-refractivity contribution in [1.82, 2.24) is 0 Å². The van der Waals surface area contributed by atoms with Crippen molar-refractivity contribution in [3.63, 3.8) is 0 Å². The third kappa shape index (κ3) is 1.74. The van der Waals surface area contributed by atoms with Crippen molar-refractivity contribution in [1.29, 1.82) is 0 Å². The fourth-order valence-corrected chi connectivity index (χ4v) is 2.17. The number of hydrogen-bond donors (Lipinski definition) is 0. The first-order chi connectivity index (χ1) is 7.13. The van der Waals surface area contributed by atoms with Gasteiger partial charge in [-0.25, -0.2) is 4.79 Å². The predicted molar refractivity (Wildman–Crippen MR) is 53.0 cm³/mol. The number of fused-ring (bicyclic) bond motifs is 1. The molecule has 4 nitrogen and oxygen atoms in total. The molecule has 0 aromatic rings. The molecule has 0 aromatic carbocycles. The number of hydrogen-bond acceptors (Lipinski definition) is 4. The summed E-state index contributed by atoms with van der Waals surface area (Å²) in [4.78, 5) is 11.3. The Morgan fingerprint density at radius 2 is 2.20 bits per heavy atom. The minimum atomic E-state index is -0.311. The minimum Gasteiger partial charge on any atom is -0.500 e. The van der Waals surface area contributed by atoms with Crippen LogP contribution in [0.2, 0.25) is 0 Å². The number of esters is 1. The normalized spacial score (nSPS) is 40.2. The van der Waals surface area contributed by atoms with Gasteiger partial charge in [0.1, 0.15) is 11.9 Å². The van der Waals surface area contributed by atoms with Crippen molar-refractivity contribution >= 4 is 5.97 Å². The van der Waals surface area contributed by atoms with E-state index in [2.05, 4.69) is 0 Å². The zero-order valence-corrected chi connectivity index (χ0v) is 9.23. The van der Waals surface area contributed by atoms with Crippen molar-refractivity contribution in [2.45, 2.75) is 26.1 Å². The predicted octanol–water partition coefficient (Wildman–Crippen LogP) is 1.11. The lowest BCUT2D eigenvalue weighted by Gasteiger charge is -2.41. The number of rotatable bonds is 1. The standard InChI is InChI=1S/C11H16O4/c1-6-7(2)14-5-8-9(13-3)4-10(12)15-11(6)8/h4,6-8,11H,5H2,1-3H3/t6-,7+,8?,11?/m1/s1. The van der Waals surface area contributed by atoms with E-state index in [1.54, 1.807) is 7.11 Å². The molecule has 15 heavy (non-hydrogen) atoms. The summed E-state index contributed by atoms with van der Waals surface area (Å²) in [5.74, 6) is 0.620. The van der Waals surface area contributed by atoms with Crippen LogP contribution in [-0.2, 0) is 19.0 Å². The fourth-order valence-electron chi connectivity index (χ4n) is 2.17. The lowest BCUT2D eigenvalue weighted by molar-refractivity contribution is -0.172. The lowest BCUT2D eigenvalue weighted by Crippen LogP contribution is -2.48. The van der Waals surface area contributed by atoms with Crippen LogP contribution >= 0.6 is 0 Å². The lowest BCUT2D eigenvalue weighted by atomic mass is 9.84. The molecule has 0 N–H and O–H groups in total. The van der Waals surface area contributed by atoms with Crippen LogP contribution in [0.1, 0.15) is 13.8 Å². The maximum absolute atomic E-state index is 11.3. The van der Waals surface area contributed by atoms with Crippen molar-refractivity contribution in [2.24, 2.45) is 11.8 Å². The Labute approximate surface area is 89.2 Å². The summed E-state index contributed by atoms with van der Waals surface area (Å²) in [6.45, 7) is 4.59. The monoisotopic (exact) mass is 212 g/mol. The van der Waals surface area contributed by atoms with Gasteiger partial charge in [0.15, 0.2) is 0 Å². The third-order valence-corrected chi connectivity index (χ3v) is 3.31. The highest BCUT2D eigenvalue weighted by atomic mass is 16.6. The van der Waals surface area contributed by atoms with E-state index < -0.39 is 0 Å². The van der Waals surface area contributed by atoms with Crippen LogP contribution in [-0.4, -0.2) is 31.9 Å². The van der Waals surface area contributed by atoms with Gasteiger partial charge < -0.3 is 14.2 Å². The van der Waals surface area contributed by atoms with Crippen molar-refractivity contribution in [3.8, 4) is 0 Å². The highest BCUT2D eigenvalue weighted by Gasteiger charge is 2.43. The molecule has 4 heteroatoms. The van der Waals surface area contributed by atoms with Crippen LogP contribution in [0, 0.1) is 11.8 Å². The Morgan fingerprint density at radius 1 is 1.47 bits per heavy atom. The third-order valence-electron chi connectivity index (χ3n) is 3.31. The van der Waals surface area contributed by atoms with E-state index in [-0.39, 0.29) is 30.0 Å². The molecule has 0 radical (unpaired) electrons. The van der Waals surface area contributed by atoms with E-state index in [0.29, 0.717) is 12.4 Å². The van der Waals surface area contributed by atoms with Gasteiger partial charge in [-0.3, -0.25) is 0 Å². The maximum atomic E-state index is 11.3. The largest absolute Gasteiger partial charge is 0.500 e. The molecule has 1 fully saturated rings. The van der Waals surface area contributed by atoms with E-state index in [0.717, 1.165) is 0 Å². The first-order valence-electron chi connectivity index (χ1n) is 5.21. The SMILES string of the molecule is COC1=CC(=O)OC2C1CO[C@@H](C)[C@H]2C. The van der Waals surface area contributed by atoms with Gasteiger partial charge in [0, 0.05) is 5.92 Å². The van der Waals surface area contributed by atoms with Crippen LogP contribution in [0.3, 0.4) is 0 Å². The first-order valence-corrected chi connectivity index (χ1v) is 5.21. The van der Waals surface area contributed by atoms with Gasteiger partial charge in [-0.1, -0.05) is 6.92 Å². The van der Waals surface area contributed by atoms with Crippen LogP contribution < -0.4 is 0 Å². The van der Waals surface area contributed by atoms with Gasteiger partial charge in [0.2, 0.25) is 0 Å². The molecular formula is C11H16O4. The Bertz CT molecular complexity index is 297. The first kappa shape index (κ1) is 10.5. The molecular weight excluding hydrogens is 196 g/mol. The van der Waals surface area contributed by atoms with Crippen LogP contribution in [0.15, 0.2) is 11.8 Å².